The fraction of sp³-hybridized carbons (Fsp3) is 0.350. The number of hydrogen-bond donors (Lipinski definition) is 0. The molecule has 0 radical (unpaired) electrons. The molecule has 1 fully saturated rings. The van der Waals surface area contributed by atoms with Crippen LogP contribution in [0.25, 0.3) is 11.0 Å². The molecule has 146 valence electrons. The van der Waals surface area contributed by atoms with Crippen molar-refractivity contribution in [2.24, 2.45) is 0 Å². The largest absolute Gasteiger partial charge is 0.416 e. The van der Waals surface area contributed by atoms with Crippen molar-refractivity contribution in [2.45, 2.75) is 32.0 Å². The second kappa shape index (κ2) is 6.92. The maximum absolute atomic E-state index is 13.0. The second-order valence-corrected chi connectivity index (χ2v) is 6.99. The van der Waals surface area contributed by atoms with Gasteiger partial charge >= 0.3 is 6.18 Å². The van der Waals surface area contributed by atoms with E-state index < -0.39 is 11.7 Å². The van der Waals surface area contributed by atoms with Gasteiger partial charge in [-0.1, -0.05) is 0 Å². The van der Waals surface area contributed by atoms with E-state index in [-0.39, 0.29) is 11.9 Å². The number of halogens is 3. The summed E-state index contributed by atoms with van der Waals surface area (Å²) in [5, 5.41) is 0. The van der Waals surface area contributed by atoms with Crippen LogP contribution >= 0.6 is 0 Å². The number of piperidine rings is 1. The Balaban J connectivity index is 1.54. The minimum atomic E-state index is -4.38. The lowest BCUT2D eigenvalue weighted by molar-refractivity contribution is -0.137. The number of carbonyl (C=O) groups is 1. The molecule has 1 aliphatic heterocycles. The third kappa shape index (κ3) is 3.34. The zero-order valence-electron chi connectivity index (χ0n) is 15.3. The van der Waals surface area contributed by atoms with Crippen LogP contribution < -0.4 is 0 Å². The Morgan fingerprint density at radius 1 is 1.11 bits per heavy atom. The molecule has 1 amide bonds. The highest BCUT2D eigenvalue weighted by atomic mass is 19.4. The Hall–Kier alpha value is -2.90. The Labute approximate surface area is 159 Å². The Kier molecular flexibility index (Phi) is 4.56. The van der Waals surface area contributed by atoms with E-state index in [1.807, 2.05) is 16.4 Å². The van der Waals surface area contributed by atoms with Crippen molar-refractivity contribution in [1.82, 2.24) is 19.4 Å². The molecule has 3 aromatic rings. The highest BCUT2D eigenvalue weighted by molar-refractivity contribution is 5.94. The zero-order chi connectivity index (χ0) is 19.9. The number of hydrogen-bond acceptors (Lipinski definition) is 3. The van der Waals surface area contributed by atoms with Gasteiger partial charge in [-0.2, -0.15) is 13.2 Å². The molecule has 0 spiro atoms. The summed E-state index contributed by atoms with van der Waals surface area (Å²) in [4.78, 5) is 22.7. The molecule has 3 heterocycles. The first-order valence-corrected chi connectivity index (χ1v) is 9.09. The first-order valence-electron chi connectivity index (χ1n) is 9.09. The molecule has 1 saturated heterocycles. The lowest BCUT2D eigenvalue weighted by Gasteiger charge is -2.33. The number of pyridine rings is 1. The summed E-state index contributed by atoms with van der Waals surface area (Å²) in [5.41, 5.74) is 0.965. The number of imidazole rings is 1. The van der Waals surface area contributed by atoms with Crippen molar-refractivity contribution >= 4 is 16.9 Å². The number of rotatable bonds is 2. The van der Waals surface area contributed by atoms with E-state index in [0.717, 1.165) is 25.0 Å². The predicted octanol–water partition coefficient (Wildman–Crippen LogP) is 4.24. The van der Waals surface area contributed by atoms with Crippen LogP contribution in [0.2, 0.25) is 0 Å². The third-order valence-corrected chi connectivity index (χ3v) is 5.24. The molecule has 0 saturated carbocycles. The van der Waals surface area contributed by atoms with Gasteiger partial charge in [-0.05, 0) is 50.1 Å². The molecule has 0 atom stereocenters. The Morgan fingerprint density at radius 2 is 1.79 bits per heavy atom. The van der Waals surface area contributed by atoms with E-state index in [1.54, 1.807) is 24.5 Å². The summed E-state index contributed by atoms with van der Waals surface area (Å²) in [5.74, 6) is 0.663. The van der Waals surface area contributed by atoms with E-state index >= 15 is 0 Å². The van der Waals surface area contributed by atoms with Gasteiger partial charge in [-0.3, -0.25) is 9.78 Å². The lowest BCUT2D eigenvalue weighted by atomic mass is 10.0. The lowest BCUT2D eigenvalue weighted by Crippen LogP contribution is -2.39. The summed E-state index contributed by atoms with van der Waals surface area (Å²) >= 11 is 0. The number of nitrogens with zero attached hydrogens (tertiary/aromatic N) is 4. The van der Waals surface area contributed by atoms with Gasteiger partial charge in [0.05, 0.1) is 16.6 Å². The fourth-order valence-electron chi connectivity index (χ4n) is 3.86. The number of amides is 1. The Morgan fingerprint density at radius 3 is 2.43 bits per heavy atom. The zero-order valence-corrected chi connectivity index (χ0v) is 15.3. The molecule has 8 heteroatoms. The van der Waals surface area contributed by atoms with Gasteiger partial charge in [0.1, 0.15) is 5.82 Å². The molecule has 5 nitrogen and oxygen atoms in total. The van der Waals surface area contributed by atoms with E-state index in [1.165, 1.54) is 6.07 Å². The van der Waals surface area contributed by atoms with Gasteiger partial charge in [0, 0.05) is 37.1 Å². The average molecular weight is 388 g/mol. The summed E-state index contributed by atoms with van der Waals surface area (Å²) < 4.78 is 40.9. The van der Waals surface area contributed by atoms with Crippen molar-refractivity contribution in [3.63, 3.8) is 0 Å². The summed E-state index contributed by atoms with van der Waals surface area (Å²) in [6.45, 7) is 2.99. The van der Waals surface area contributed by atoms with Crippen LogP contribution in [0.3, 0.4) is 0 Å². The van der Waals surface area contributed by atoms with Crippen LogP contribution in [0.15, 0.2) is 42.7 Å². The van der Waals surface area contributed by atoms with E-state index in [4.69, 9.17) is 0 Å². The van der Waals surface area contributed by atoms with Crippen molar-refractivity contribution in [1.29, 1.82) is 0 Å². The van der Waals surface area contributed by atoms with Crippen LogP contribution in [0, 0.1) is 6.92 Å². The van der Waals surface area contributed by atoms with Crippen molar-refractivity contribution in [3.05, 3.63) is 59.7 Å². The maximum Gasteiger partial charge on any atom is 0.416 e. The molecular weight excluding hydrogens is 369 g/mol. The predicted molar refractivity (Wildman–Crippen MR) is 97.9 cm³/mol. The molecule has 28 heavy (non-hydrogen) atoms. The van der Waals surface area contributed by atoms with Gasteiger partial charge in [0.25, 0.3) is 5.91 Å². The van der Waals surface area contributed by atoms with Gasteiger partial charge < -0.3 is 9.47 Å². The van der Waals surface area contributed by atoms with Gasteiger partial charge in [-0.15, -0.1) is 0 Å². The highest BCUT2D eigenvalue weighted by Crippen LogP contribution is 2.34. The number of likely N-dealkylation sites (tertiary alicyclic amines) is 1. The topological polar surface area (TPSA) is 51.0 Å². The second-order valence-electron chi connectivity index (χ2n) is 6.99. The van der Waals surface area contributed by atoms with E-state index in [2.05, 4.69) is 9.97 Å². The normalized spacial score (nSPS) is 15.9. The van der Waals surface area contributed by atoms with E-state index in [9.17, 15) is 18.0 Å². The molecule has 4 rings (SSSR count). The minimum Gasteiger partial charge on any atom is -0.338 e. The molecule has 0 bridgehead atoms. The molecule has 0 N–H and O–H groups in total. The first kappa shape index (κ1) is 18.5. The van der Waals surface area contributed by atoms with Gasteiger partial charge in [0.2, 0.25) is 0 Å². The molecule has 2 aromatic heterocycles. The molecule has 1 aromatic carbocycles. The van der Waals surface area contributed by atoms with Crippen LogP contribution in [-0.2, 0) is 6.18 Å². The monoisotopic (exact) mass is 388 g/mol. The SMILES string of the molecule is Cc1nc2cc(C(F)(F)F)ccc2n1C1CCN(C(=O)c2ccncc2)CC1. The van der Waals surface area contributed by atoms with Crippen LogP contribution in [0.4, 0.5) is 13.2 Å². The minimum absolute atomic E-state index is 0.0251. The van der Waals surface area contributed by atoms with Crippen LogP contribution in [-0.4, -0.2) is 38.4 Å². The highest BCUT2D eigenvalue weighted by Gasteiger charge is 2.32. The fourth-order valence-corrected chi connectivity index (χ4v) is 3.86. The molecular formula is C20H19F3N4O. The molecule has 0 aliphatic carbocycles. The van der Waals surface area contributed by atoms with Gasteiger partial charge in [-0.25, -0.2) is 4.98 Å². The standard InChI is InChI=1S/C20H19F3N4O/c1-13-25-17-12-15(20(21,22)23)2-3-18(17)27(13)16-6-10-26(11-7-16)19(28)14-4-8-24-9-5-14/h2-5,8-9,12,16H,6-7,10-11H2,1H3. The molecule has 0 unspecified atom stereocenters. The number of fused-ring (bicyclic) bond motifs is 1. The summed E-state index contributed by atoms with van der Waals surface area (Å²) in [6.07, 6.45) is 0.255. The van der Waals surface area contributed by atoms with E-state index in [0.29, 0.717) is 35.5 Å². The average Bonchev–Trinajstić information content (AvgIpc) is 3.02. The first-order chi connectivity index (χ1) is 13.3. The molecule has 1 aliphatic rings. The third-order valence-electron chi connectivity index (χ3n) is 5.24. The number of alkyl halides is 3. The number of benzene rings is 1. The number of aromatic nitrogens is 3. The Bertz CT molecular complexity index is 1010. The number of carbonyl (C=O) groups excluding carboxylic acids is 1. The summed E-state index contributed by atoms with van der Waals surface area (Å²) in [7, 11) is 0. The smallest absolute Gasteiger partial charge is 0.338 e. The van der Waals surface area contributed by atoms with Crippen molar-refractivity contribution in [3.8, 4) is 0 Å². The van der Waals surface area contributed by atoms with Crippen molar-refractivity contribution < 1.29 is 18.0 Å². The summed E-state index contributed by atoms with van der Waals surface area (Å²) in [6, 6.07) is 7.18. The van der Waals surface area contributed by atoms with Gasteiger partial charge in [0.15, 0.2) is 0 Å². The maximum atomic E-state index is 13.0. The quantitative estimate of drug-likeness (QED) is 0.660. The number of aryl methyl sites for hydroxylation is 1. The van der Waals surface area contributed by atoms with Crippen molar-refractivity contribution in [2.75, 3.05) is 13.1 Å². The van der Waals surface area contributed by atoms with Crippen LogP contribution in [0.5, 0.6) is 0 Å². The van der Waals surface area contributed by atoms with Crippen LogP contribution in [0.1, 0.15) is 40.6 Å².